The van der Waals surface area contributed by atoms with Gasteiger partial charge in [0.15, 0.2) is 16.7 Å². The summed E-state index contributed by atoms with van der Waals surface area (Å²) in [6.45, 7) is 8.28. The minimum atomic E-state index is -0.444. The number of benzene rings is 1. The van der Waals surface area contributed by atoms with Crippen molar-refractivity contribution in [2.75, 3.05) is 5.32 Å². The molecular formula is C22H27N5O3S. The van der Waals surface area contributed by atoms with E-state index in [4.69, 9.17) is 10.2 Å². The number of thioether (sulfide) groups is 1. The first-order valence-corrected chi connectivity index (χ1v) is 11.0. The summed E-state index contributed by atoms with van der Waals surface area (Å²) < 4.78 is 7.19. The number of carbonyl (C=O) groups excluding carboxylic acids is 2. The van der Waals surface area contributed by atoms with Crippen molar-refractivity contribution in [3.05, 3.63) is 47.7 Å². The lowest BCUT2D eigenvalue weighted by atomic mass is 9.98. The van der Waals surface area contributed by atoms with Gasteiger partial charge in [0.2, 0.25) is 11.8 Å². The number of aryl methyl sites for hydroxylation is 1. The van der Waals surface area contributed by atoms with Crippen LogP contribution in [0.15, 0.2) is 46.2 Å². The second kappa shape index (κ2) is 9.82. The summed E-state index contributed by atoms with van der Waals surface area (Å²) in [5.41, 5.74) is 8.29. The smallest absolute Gasteiger partial charge is 0.237 e. The van der Waals surface area contributed by atoms with E-state index in [9.17, 15) is 9.59 Å². The van der Waals surface area contributed by atoms with Crippen LogP contribution in [-0.4, -0.2) is 31.8 Å². The molecule has 1 aromatic carbocycles. The molecule has 31 heavy (non-hydrogen) atoms. The first kappa shape index (κ1) is 22.6. The lowest BCUT2D eigenvalue weighted by molar-refractivity contribution is -0.118. The average molecular weight is 442 g/mol. The summed E-state index contributed by atoms with van der Waals surface area (Å²) in [7, 11) is 0. The molecular weight excluding hydrogens is 414 g/mol. The van der Waals surface area contributed by atoms with Crippen LogP contribution in [0.5, 0.6) is 0 Å². The Balaban J connectivity index is 1.81. The molecule has 9 heteroatoms. The van der Waals surface area contributed by atoms with Crippen molar-refractivity contribution in [2.45, 2.75) is 57.0 Å². The number of rotatable bonds is 9. The van der Waals surface area contributed by atoms with Crippen molar-refractivity contribution < 1.29 is 14.0 Å². The van der Waals surface area contributed by atoms with Crippen LogP contribution >= 0.6 is 11.8 Å². The molecule has 0 bridgehead atoms. The van der Waals surface area contributed by atoms with E-state index in [0.717, 1.165) is 16.8 Å². The number of anilines is 1. The number of nitrogens with one attached hydrogen (secondary N) is 1. The third-order valence-electron chi connectivity index (χ3n) is 4.87. The van der Waals surface area contributed by atoms with E-state index in [0.29, 0.717) is 23.3 Å². The topological polar surface area (TPSA) is 116 Å². The summed E-state index contributed by atoms with van der Waals surface area (Å²) in [4.78, 5) is 24.3. The Hall–Kier alpha value is -3.07. The van der Waals surface area contributed by atoms with Crippen molar-refractivity contribution in [2.24, 2.45) is 5.73 Å². The van der Waals surface area contributed by atoms with Crippen LogP contribution in [0.25, 0.3) is 11.6 Å². The zero-order chi connectivity index (χ0) is 22.5. The van der Waals surface area contributed by atoms with Gasteiger partial charge in [-0.2, -0.15) is 0 Å². The van der Waals surface area contributed by atoms with Crippen LogP contribution in [0, 0.1) is 6.92 Å². The van der Waals surface area contributed by atoms with Crippen LogP contribution in [0.4, 0.5) is 5.69 Å². The number of carbonyl (C=O) groups is 2. The van der Waals surface area contributed by atoms with Crippen molar-refractivity contribution in [1.82, 2.24) is 14.8 Å². The van der Waals surface area contributed by atoms with Gasteiger partial charge in [0.1, 0.15) is 0 Å². The van der Waals surface area contributed by atoms with E-state index in [-0.39, 0.29) is 18.2 Å². The number of hydrogen-bond donors (Lipinski definition) is 2. The van der Waals surface area contributed by atoms with Gasteiger partial charge in [-0.05, 0) is 43.0 Å². The quantitative estimate of drug-likeness (QED) is 0.486. The Labute approximate surface area is 185 Å². The predicted molar refractivity (Wildman–Crippen MR) is 121 cm³/mol. The van der Waals surface area contributed by atoms with Gasteiger partial charge in [0, 0.05) is 18.7 Å². The minimum Gasteiger partial charge on any atom is -0.461 e. The number of nitrogens with zero attached hydrogens (tertiary/aromatic N) is 3. The van der Waals surface area contributed by atoms with Gasteiger partial charge >= 0.3 is 0 Å². The molecule has 1 atom stereocenters. The molecule has 8 nitrogen and oxygen atoms in total. The molecule has 0 aliphatic heterocycles. The van der Waals surface area contributed by atoms with Crippen LogP contribution in [0.1, 0.15) is 44.2 Å². The number of primary amides is 1. The largest absolute Gasteiger partial charge is 0.461 e. The van der Waals surface area contributed by atoms with Crippen molar-refractivity contribution in [1.29, 1.82) is 0 Å². The van der Waals surface area contributed by atoms with Gasteiger partial charge in [0.25, 0.3) is 0 Å². The Bertz CT molecular complexity index is 1060. The maximum atomic E-state index is 13.0. The van der Waals surface area contributed by atoms with Crippen molar-refractivity contribution in [3.63, 3.8) is 0 Å². The molecule has 2 aromatic heterocycles. The normalized spacial score (nSPS) is 12.2. The number of aromatic nitrogens is 3. The van der Waals surface area contributed by atoms with Crippen LogP contribution in [0.2, 0.25) is 0 Å². The molecule has 0 fully saturated rings. The molecule has 3 N–H and O–H groups in total. The second-order valence-electron chi connectivity index (χ2n) is 7.59. The standard InChI is InChI=1S/C22H27N5O3S/c1-13(2)16-8-5-7-14(3)19(16)24-21(29)15(4)31-22-26-25-20(17-9-6-12-30-17)27(22)11-10-18(23)28/h5-9,12-13,15H,10-11H2,1-4H3,(H2,23,28)(H,24,29). The summed E-state index contributed by atoms with van der Waals surface area (Å²) >= 11 is 1.27. The van der Waals surface area contributed by atoms with Gasteiger partial charge in [-0.25, -0.2) is 0 Å². The Morgan fingerprint density at radius 3 is 2.61 bits per heavy atom. The molecule has 3 aromatic rings. The van der Waals surface area contributed by atoms with Crippen LogP contribution < -0.4 is 11.1 Å². The number of amides is 2. The maximum Gasteiger partial charge on any atom is 0.237 e. The van der Waals surface area contributed by atoms with E-state index in [1.54, 1.807) is 23.0 Å². The highest BCUT2D eigenvalue weighted by Gasteiger charge is 2.23. The van der Waals surface area contributed by atoms with E-state index < -0.39 is 11.2 Å². The predicted octanol–water partition coefficient (Wildman–Crippen LogP) is 3.96. The Morgan fingerprint density at radius 2 is 1.97 bits per heavy atom. The highest BCUT2D eigenvalue weighted by molar-refractivity contribution is 8.00. The molecule has 0 aliphatic rings. The lowest BCUT2D eigenvalue weighted by Gasteiger charge is -2.18. The summed E-state index contributed by atoms with van der Waals surface area (Å²) in [5.74, 6) is 0.738. The average Bonchev–Trinajstić information content (AvgIpc) is 3.37. The van der Waals surface area contributed by atoms with Gasteiger partial charge < -0.3 is 15.5 Å². The fourth-order valence-electron chi connectivity index (χ4n) is 3.17. The highest BCUT2D eigenvalue weighted by atomic mass is 32.2. The number of hydrogen-bond acceptors (Lipinski definition) is 6. The monoisotopic (exact) mass is 441 g/mol. The molecule has 0 aliphatic carbocycles. The minimum absolute atomic E-state index is 0.126. The zero-order valence-corrected chi connectivity index (χ0v) is 18.9. The lowest BCUT2D eigenvalue weighted by Crippen LogP contribution is -2.24. The fraction of sp³-hybridized carbons (Fsp3) is 0.364. The van der Waals surface area contributed by atoms with Crippen molar-refractivity contribution >= 4 is 29.3 Å². The van der Waals surface area contributed by atoms with Crippen LogP contribution in [0.3, 0.4) is 0 Å². The SMILES string of the molecule is Cc1cccc(C(C)C)c1NC(=O)C(C)Sc1nnc(-c2ccco2)n1CCC(N)=O. The zero-order valence-electron chi connectivity index (χ0n) is 18.1. The summed E-state index contributed by atoms with van der Waals surface area (Å²) in [6, 6.07) is 9.52. The van der Waals surface area contributed by atoms with E-state index in [2.05, 4.69) is 29.4 Å². The first-order chi connectivity index (χ1) is 14.8. The molecule has 164 valence electrons. The number of nitrogens with two attached hydrogens (primary N) is 1. The maximum absolute atomic E-state index is 13.0. The van der Waals surface area contributed by atoms with E-state index in [1.165, 1.54) is 11.8 Å². The molecule has 2 amide bonds. The Morgan fingerprint density at radius 1 is 1.19 bits per heavy atom. The number of furan rings is 1. The third kappa shape index (κ3) is 5.35. The van der Waals surface area contributed by atoms with Gasteiger partial charge in [-0.1, -0.05) is 43.8 Å². The molecule has 0 spiro atoms. The van der Waals surface area contributed by atoms with E-state index in [1.807, 2.05) is 32.0 Å². The number of para-hydroxylation sites is 1. The summed E-state index contributed by atoms with van der Waals surface area (Å²) in [6.07, 6.45) is 1.67. The molecule has 0 saturated carbocycles. The molecule has 2 heterocycles. The van der Waals surface area contributed by atoms with Gasteiger partial charge in [-0.3, -0.25) is 14.2 Å². The van der Waals surface area contributed by atoms with Crippen LogP contribution in [-0.2, 0) is 16.1 Å². The summed E-state index contributed by atoms with van der Waals surface area (Å²) in [5, 5.41) is 11.6. The van der Waals surface area contributed by atoms with Gasteiger partial charge in [0.05, 0.1) is 11.5 Å². The molecule has 1 unspecified atom stereocenters. The fourth-order valence-corrected chi connectivity index (χ4v) is 4.04. The van der Waals surface area contributed by atoms with Crippen molar-refractivity contribution in [3.8, 4) is 11.6 Å². The third-order valence-corrected chi connectivity index (χ3v) is 5.95. The molecule has 3 rings (SSSR count). The first-order valence-electron chi connectivity index (χ1n) is 10.1. The van der Waals surface area contributed by atoms with E-state index >= 15 is 0 Å². The second-order valence-corrected chi connectivity index (χ2v) is 8.90. The highest BCUT2D eigenvalue weighted by Crippen LogP contribution is 2.30. The molecule has 0 saturated heterocycles. The van der Waals surface area contributed by atoms with Gasteiger partial charge in [-0.15, -0.1) is 10.2 Å². The molecule has 0 radical (unpaired) electrons. The Kier molecular flexibility index (Phi) is 7.17.